The predicted molar refractivity (Wildman–Crippen MR) is 100 cm³/mol. The highest BCUT2D eigenvalue weighted by molar-refractivity contribution is 7.91. The molecule has 0 heterocycles. The summed E-state index contributed by atoms with van der Waals surface area (Å²) >= 11 is 0. The van der Waals surface area contributed by atoms with Crippen LogP contribution in [0.1, 0.15) is 15.9 Å². The molecule has 0 unspecified atom stereocenters. The average Bonchev–Trinajstić information content (AvgIpc) is 2.66. The van der Waals surface area contributed by atoms with Crippen molar-refractivity contribution < 1.29 is 32.2 Å². The van der Waals surface area contributed by atoms with Gasteiger partial charge in [0.05, 0.1) is 39.8 Å². The fourth-order valence-corrected chi connectivity index (χ4v) is 3.73. The van der Waals surface area contributed by atoms with Crippen LogP contribution in [-0.2, 0) is 20.5 Å². The third kappa shape index (κ3) is 4.62. The van der Waals surface area contributed by atoms with E-state index < -0.39 is 16.0 Å². The third-order valence-electron chi connectivity index (χ3n) is 3.69. The van der Waals surface area contributed by atoms with Crippen LogP contribution in [0.5, 0.6) is 17.2 Å². The first-order valence-electron chi connectivity index (χ1n) is 7.82. The lowest BCUT2D eigenvalue weighted by atomic mass is 10.1. The lowest BCUT2D eigenvalue weighted by Gasteiger charge is -2.19. The Bertz CT molecular complexity index is 911. The minimum atomic E-state index is -3.86. The lowest BCUT2D eigenvalue weighted by molar-refractivity contribution is 0.0601. The summed E-state index contributed by atoms with van der Waals surface area (Å²) in [4.78, 5) is 12.2. The number of benzene rings is 2. The van der Waals surface area contributed by atoms with Gasteiger partial charge in [-0.1, -0.05) is 30.3 Å². The van der Waals surface area contributed by atoms with Gasteiger partial charge < -0.3 is 18.9 Å². The second kappa shape index (κ2) is 8.63. The maximum atomic E-state index is 12.7. The summed E-state index contributed by atoms with van der Waals surface area (Å²) in [5, 5.41) is 0. The number of hydrogen-bond acceptors (Lipinski definition) is 7. The Hall–Kier alpha value is -2.94. The second-order valence-electron chi connectivity index (χ2n) is 5.41. The summed E-state index contributed by atoms with van der Waals surface area (Å²) in [7, 11) is 1.41. The lowest BCUT2D eigenvalue weighted by Crippen LogP contribution is -2.19. The molecule has 0 aromatic heterocycles. The summed E-state index contributed by atoms with van der Waals surface area (Å²) in [5.74, 6) is -0.697. The van der Waals surface area contributed by atoms with Gasteiger partial charge in [0, 0.05) is 6.07 Å². The maximum Gasteiger partial charge on any atom is 0.340 e. The Morgan fingerprint density at radius 1 is 0.963 bits per heavy atom. The van der Waals surface area contributed by atoms with Crippen molar-refractivity contribution in [1.29, 1.82) is 0 Å². The largest absolute Gasteiger partial charge is 0.493 e. The summed E-state index contributed by atoms with van der Waals surface area (Å²) < 4.78 is 48.3. The van der Waals surface area contributed by atoms with E-state index in [1.165, 1.54) is 34.5 Å². The Morgan fingerprint density at radius 2 is 1.59 bits per heavy atom. The minimum absolute atomic E-state index is 0.00823. The minimum Gasteiger partial charge on any atom is -0.493 e. The van der Waals surface area contributed by atoms with Gasteiger partial charge in [0.25, 0.3) is 0 Å². The van der Waals surface area contributed by atoms with Crippen LogP contribution in [0.2, 0.25) is 0 Å². The van der Waals surface area contributed by atoms with Gasteiger partial charge >= 0.3 is 5.97 Å². The van der Waals surface area contributed by atoms with Crippen molar-refractivity contribution in [2.45, 2.75) is 5.75 Å². The summed E-state index contributed by atoms with van der Waals surface area (Å²) in [6, 6.07) is 9.96. The van der Waals surface area contributed by atoms with Crippen LogP contribution in [-0.4, -0.2) is 42.8 Å². The molecule has 1 N–H and O–H groups in total. The van der Waals surface area contributed by atoms with Gasteiger partial charge in [0.2, 0.25) is 15.8 Å². The van der Waals surface area contributed by atoms with Crippen LogP contribution in [0.3, 0.4) is 0 Å². The molecule has 0 saturated heterocycles. The molecule has 9 heteroatoms. The molecule has 0 amide bonds. The van der Waals surface area contributed by atoms with Crippen molar-refractivity contribution in [1.82, 2.24) is 0 Å². The van der Waals surface area contributed by atoms with Crippen LogP contribution >= 0.6 is 0 Å². The molecule has 2 aromatic rings. The predicted octanol–water partition coefficient (Wildman–Crippen LogP) is 2.44. The van der Waals surface area contributed by atoms with Crippen LogP contribution < -0.4 is 18.9 Å². The van der Waals surface area contributed by atoms with E-state index in [9.17, 15) is 13.2 Å². The molecular formula is C18H21NO7S. The van der Waals surface area contributed by atoms with Crippen LogP contribution in [0.4, 0.5) is 5.69 Å². The molecule has 0 bridgehead atoms. The van der Waals surface area contributed by atoms with Gasteiger partial charge in [-0.25, -0.2) is 13.2 Å². The number of methoxy groups -OCH3 is 4. The van der Waals surface area contributed by atoms with Crippen LogP contribution in [0.25, 0.3) is 0 Å². The first-order valence-corrected chi connectivity index (χ1v) is 9.47. The zero-order valence-corrected chi connectivity index (χ0v) is 16.3. The molecule has 146 valence electrons. The van der Waals surface area contributed by atoms with E-state index in [-0.39, 0.29) is 34.3 Å². The SMILES string of the molecule is COC(=O)c1cc(OC)c(OC)c(OC)c1NS(=O)(=O)Cc1ccccc1. The zero-order valence-electron chi connectivity index (χ0n) is 15.4. The molecule has 2 rings (SSSR count). The summed E-state index contributed by atoms with van der Waals surface area (Å²) in [6.07, 6.45) is 0. The molecule has 0 aliphatic carbocycles. The molecule has 2 aromatic carbocycles. The molecule has 0 aliphatic rings. The number of ether oxygens (including phenoxy) is 4. The van der Waals surface area contributed by atoms with E-state index in [2.05, 4.69) is 4.72 Å². The normalized spacial score (nSPS) is 10.8. The van der Waals surface area contributed by atoms with E-state index in [0.717, 1.165) is 0 Å². The number of nitrogens with one attached hydrogen (secondary N) is 1. The monoisotopic (exact) mass is 395 g/mol. The standard InChI is InChI=1S/C18H21NO7S/c1-23-14-10-13(18(20)26-4)15(17(25-3)16(14)24-2)19-27(21,22)11-12-8-6-5-7-9-12/h5-10,19H,11H2,1-4H3. The van der Waals surface area contributed by atoms with Crippen molar-refractivity contribution in [3.63, 3.8) is 0 Å². The highest BCUT2D eigenvalue weighted by atomic mass is 32.2. The average molecular weight is 395 g/mol. The second-order valence-corrected chi connectivity index (χ2v) is 7.13. The first kappa shape index (κ1) is 20.4. The van der Waals surface area contributed by atoms with Gasteiger partial charge in [-0.05, 0) is 5.56 Å². The van der Waals surface area contributed by atoms with E-state index >= 15 is 0 Å². The van der Waals surface area contributed by atoms with Crippen molar-refractivity contribution in [2.24, 2.45) is 0 Å². The number of carbonyl (C=O) groups excluding carboxylic acids is 1. The van der Waals surface area contributed by atoms with Gasteiger partial charge in [-0.3, -0.25) is 4.72 Å². The van der Waals surface area contributed by atoms with Crippen LogP contribution in [0, 0.1) is 0 Å². The maximum absolute atomic E-state index is 12.7. The molecule has 0 saturated carbocycles. The quantitative estimate of drug-likeness (QED) is 0.685. The number of sulfonamides is 1. The molecular weight excluding hydrogens is 374 g/mol. The van der Waals surface area contributed by atoms with Crippen molar-refractivity contribution >= 4 is 21.7 Å². The molecule has 0 fully saturated rings. The van der Waals surface area contributed by atoms with E-state index in [4.69, 9.17) is 18.9 Å². The smallest absolute Gasteiger partial charge is 0.340 e. The molecule has 0 atom stereocenters. The van der Waals surface area contributed by atoms with E-state index in [1.54, 1.807) is 30.3 Å². The molecule has 0 spiro atoms. The third-order valence-corrected chi connectivity index (χ3v) is 4.92. The molecule has 0 aliphatic heterocycles. The number of hydrogen-bond donors (Lipinski definition) is 1. The highest BCUT2D eigenvalue weighted by Gasteiger charge is 2.27. The Balaban J connectivity index is 2.57. The topological polar surface area (TPSA) is 100 Å². The molecule has 27 heavy (non-hydrogen) atoms. The van der Waals surface area contributed by atoms with E-state index in [0.29, 0.717) is 5.56 Å². The molecule has 8 nitrogen and oxygen atoms in total. The Kier molecular flexibility index (Phi) is 6.51. The van der Waals surface area contributed by atoms with Gasteiger partial charge in [-0.15, -0.1) is 0 Å². The van der Waals surface area contributed by atoms with Gasteiger partial charge in [0.1, 0.15) is 5.69 Å². The van der Waals surface area contributed by atoms with Crippen molar-refractivity contribution in [3.05, 3.63) is 47.5 Å². The fraction of sp³-hybridized carbons (Fsp3) is 0.278. The first-order chi connectivity index (χ1) is 12.9. The van der Waals surface area contributed by atoms with Crippen LogP contribution in [0.15, 0.2) is 36.4 Å². The highest BCUT2D eigenvalue weighted by Crippen LogP contribution is 2.45. The number of rotatable bonds is 8. The number of esters is 1. The van der Waals surface area contributed by atoms with Gasteiger partial charge in [0.15, 0.2) is 11.5 Å². The Labute approximate surface area is 158 Å². The van der Waals surface area contributed by atoms with E-state index in [1.807, 2.05) is 0 Å². The summed E-state index contributed by atoms with van der Waals surface area (Å²) in [6.45, 7) is 0. The van der Waals surface area contributed by atoms with Gasteiger partial charge in [-0.2, -0.15) is 0 Å². The Morgan fingerprint density at radius 3 is 2.11 bits per heavy atom. The summed E-state index contributed by atoms with van der Waals surface area (Å²) in [5.41, 5.74) is 0.436. The van der Waals surface area contributed by atoms with Crippen molar-refractivity contribution in [2.75, 3.05) is 33.2 Å². The number of carbonyl (C=O) groups is 1. The molecule has 0 radical (unpaired) electrons. The zero-order chi connectivity index (χ0) is 20.0. The fourth-order valence-electron chi connectivity index (χ4n) is 2.51. The van der Waals surface area contributed by atoms with Crippen molar-refractivity contribution in [3.8, 4) is 17.2 Å². The number of anilines is 1.